The standard InChI is InChI=1S/C5H5NO3S/c7-10(8)9-5-2-1-3-6-4-5/h1-4H,(H,7,8)/p-1. The Balaban J connectivity index is 2.67. The second-order valence-corrected chi connectivity index (χ2v) is 2.05. The molecule has 5 heteroatoms. The second-order valence-electron chi connectivity index (χ2n) is 1.48. The lowest BCUT2D eigenvalue weighted by Gasteiger charge is -2.04. The molecule has 1 unspecified atom stereocenters. The van der Waals surface area contributed by atoms with Gasteiger partial charge in [-0.2, -0.15) is 0 Å². The summed E-state index contributed by atoms with van der Waals surface area (Å²) in [6.07, 6.45) is 2.84. The molecular weight excluding hydrogens is 154 g/mol. The van der Waals surface area contributed by atoms with Gasteiger partial charge in [-0.05, 0) is 12.1 Å². The first kappa shape index (κ1) is 7.17. The Hall–Kier alpha value is -0.940. The fraction of sp³-hybridized carbons (Fsp3) is 0. The third-order valence-corrected chi connectivity index (χ3v) is 1.13. The van der Waals surface area contributed by atoms with E-state index in [1.165, 1.54) is 18.5 Å². The minimum atomic E-state index is -2.51. The molecule has 1 atom stereocenters. The van der Waals surface area contributed by atoms with Crippen molar-refractivity contribution in [2.24, 2.45) is 0 Å². The Morgan fingerprint density at radius 2 is 2.50 bits per heavy atom. The maximum atomic E-state index is 9.92. The molecule has 0 amide bonds. The summed E-state index contributed by atoms with van der Waals surface area (Å²) in [5.41, 5.74) is 0. The van der Waals surface area contributed by atoms with Crippen molar-refractivity contribution in [3.63, 3.8) is 0 Å². The molecule has 0 saturated carbocycles. The van der Waals surface area contributed by atoms with Crippen LogP contribution in [0.25, 0.3) is 0 Å². The van der Waals surface area contributed by atoms with Crippen molar-refractivity contribution in [1.29, 1.82) is 0 Å². The average Bonchev–Trinajstić information content (AvgIpc) is 1.88. The molecule has 54 valence electrons. The first-order valence-corrected chi connectivity index (χ1v) is 3.46. The summed E-state index contributed by atoms with van der Waals surface area (Å²) in [5, 5.41) is 0. The van der Waals surface area contributed by atoms with Gasteiger partial charge >= 0.3 is 0 Å². The Labute approximate surface area is 60.4 Å². The largest absolute Gasteiger partial charge is 0.740 e. The summed E-state index contributed by atoms with van der Waals surface area (Å²) in [6.45, 7) is 0. The number of nitrogens with zero attached hydrogens (tertiary/aromatic N) is 1. The van der Waals surface area contributed by atoms with Crippen molar-refractivity contribution >= 4 is 11.4 Å². The predicted octanol–water partition coefficient (Wildman–Crippen LogP) is 0.255. The zero-order valence-electron chi connectivity index (χ0n) is 4.89. The number of aromatic nitrogens is 1. The van der Waals surface area contributed by atoms with Gasteiger partial charge in [0.2, 0.25) is 0 Å². The minimum absolute atomic E-state index is 0.218. The van der Waals surface area contributed by atoms with Gasteiger partial charge in [0.1, 0.15) is 11.4 Å². The van der Waals surface area contributed by atoms with E-state index in [4.69, 9.17) is 0 Å². The topological polar surface area (TPSA) is 62.2 Å². The van der Waals surface area contributed by atoms with Crippen molar-refractivity contribution in [3.05, 3.63) is 24.5 Å². The SMILES string of the molecule is O=S([O-])Oc1cccnc1. The van der Waals surface area contributed by atoms with Crippen LogP contribution in [0.4, 0.5) is 0 Å². The zero-order chi connectivity index (χ0) is 7.40. The Morgan fingerprint density at radius 1 is 1.70 bits per heavy atom. The van der Waals surface area contributed by atoms with Crippen LogP contribution in [-0.2, 0) is 11.4 Å². The van der Waals surface area contributed by atoms with Crippen LogP contribution in [0.2, 0.25) is 0 Å². The van der Waals surface area contributed by atoms with Crippen molar-refractivity contribution in [1.82, 2.24) is 4.98 Å². The highest BCUT2D eigenvalue weighted by molar-refractivity contribution is 7.74. The summed E-state index contributed by atoms with van der Waals surface area (Å²) in [5.74, 6) is 0.218. The first-order chi connectivity index (χ1) is 4.79. The smallest absolute Gasteiger partial charge is 0.157 e. The van der Waals surface area contributed by atoms with Gasteiger partial charge in [0.05, 0.1) is 6.20 Å². The minimum Gasteiger partial charge on any atom is -0.740 e. The van der Waals surface area contributed by atoms with E-state index in [1.807, 2.05) is 0 Å². The number of rotatable bonds is 2. The van der Waals surface area contributed by atoms with Crippen LogP contribution in [0, 0.1) is 0 Å². The van der Waals surface area contributed by atoms with Crippen LogP contribution in [0.5, 0.6) is 5.75 Å². The van der Waals surface area contributed by atoms with Gasteiger partial charge in [-0.1, -0.05) is 0 Å². The quantitative estimate of drug-likeness (QED) is 0.579. The lowest BCUT2D eigenvalue weighted by atomic mass is 10.5. The molecule has 1 aromatic heterocycles. The number of hydrogen-bond acceptors (Lipinski definition) is 4. The molecule has 0 saturated heterocycles. The van der Waals surface area contributed by atoms with Crippen molar-refractivity contribution in [2.75, 3.05) is 0 Å². The maximum absolute atomic E-state index is 9.92. The van der Waals surface area contributed by atoms with Crippen LogP contribution in [0.1, 0.15) is 0 Å². The summed E-state index contributed by atoms with van der Waals surface area (Å²) in [6, 6.07) is 3.09. The van der Waals surface area contributed by atoms with Crippen LogP contribution in [-0.4, -0.2) is 13.7 Å². The molecule has 0 radical (unpaired) electrons. The maximum Gasteiger partial charge on any atom is 0.157 e. The van der Waals surface area contributed by atoms with E-state index < -0.39 is 11.4 Å². The molecule has 1 heterocycles. The van der Waals surface area contributed by atoms with E-state index >= 15 is 0 Å². The third-order valence-electron chi connectivity index (χ3n) is 0.799. The molecule has 0 aromatic carbocycles. The highest BCUT2D eigenvalue weighted by Gasteiger charge is 1.88. The average molecular weight is 158 g/mol. The lowest BCUT2D eigenvalue weighted by Crippen LogP contribution is -1.97. The molecule has 0 spiro atoms. The Kier molecular flexibility index (Phi) is 2.35. The van der Waals surface area contributed by atoms with Gasteiger partial charge in [0, 0.05) is 6.20 Å². The predicted molar refractivity (Wildman–Crippen MR) is 33.8 cm³/mol. The number of hydrogen-bond donors (Lipinski definition) is 0. The fourth-order valence-electron chi connectivity index (χ4n) is 0.475. The van der Waals surface area contributed by atoms with Crippen LogP contribution in [0.3, 0.4) is 0 Å². The van der Waals surface area contributed by atoms with E-state index in [2.05, 4.69) is 9.17 Å². The van der Waals surface area contributed by atoms with E-state index in [0.29, 0.717) is 0 Å². The first-order valence-electron chi connectivity index (χ1n) is 2.46. The Bertz CT molecular complexity index is 226. The summed E-state index contributed by atoms with van der Waals surface area (Å²) < 4.78 is 24.1. The fourth-order valence-corrected chi connectivity index (χ4v) is 0.731. The lowest BCUT2D eigenvalue weighted by molar-refractivity contribution is 0.439. The molecule has 0 fully saturated rings. The van der Waals surface area contributed by atoms with Crippen molar-refractivity contribution in [3.8, 4) is 5.75 Å². The van der Waals surface area contributed by atoms with Gasteiger partial charge in [0.25, 0.3) is 0 Å². The van der Waals surface area contributed by atoms with E-state index in [9.17, 15) is 8.76 Å². The zero-order valence-corrected chi connectivity index (χ0v) is 5.71. The normalized spacial score (nSPS) is 12.5. The van der Waals surface area contributed by atoms with Crippen LogP contribution in [0.15, 0.2) is 24.5 Å². The molecule has 0 aliphatic carbocycles. The van der Waals surface area contributed by atoms with Gasteiger partial charge in [-0.15, -0.1) is 0 Å². The number of pyridine rings is 1. The van der Waals surface area contributed by atoms with Crippen LogP contribution >= 0.6 is 0 Å². The summed E-state index contributed by atoms with van der Waals surface area (Å²) >= 11 is -2.51. The van der Waals surface area contributed by atoms with E-state index in [0.717, 1.165) is 0 Å². The van der Waals surface area contributed by atoms with Gasteiger partial charge in [-0.25, -0.2) is 4.21 Å². The van der Waals surface area contributed by atoms with E-state index in [-0.39, 0.29) is 5.75 Å². The summed E-state index contributed by atoms with van der Waals surface area (Å²) in [7, 11) is 0. The third kappa shape index (κ3) is 2.12. The van der Waals surface area contributed by atoms with E-state index in [1.54, 1.807) is 6.07 Å². The van der Waals surface area contributed by atoms with Crippen LogP contribution < -0.4 is 4.18 Å². The Morgan fingerprint density at radius 3 is 3.00 bits per heavy atom. The van der Waals surface area contributed by atoms with Gasteiger partial charge in [0.15, 0.2) is 5.75 Å². The molecule has 0 N–H and O–H groups in total. The molecule has 1 rings (SSSR count). The summed E-state index contributed by atoms with van der Waals surface area (Å²) in [4.78, 5) is 3.64. The van der Waals surface area contributed by atoms with Gasteiger partial charge < -0.3 is 8.74 Å². The molecule has 0 aliphatic heterocycles. The molecule has 1 aromatic rings. The van der Waals surface area contributed by atoms with Crippen molar-refractivity contribution in [2.45, 2.75) is 0 Å². The molecule has 10 heavy (non-hydrogen) atoms. The molecule has 0 aliphatic rings. The molecular formula is C5H4NO3S-. The molecule has 4 nitrogen and oxygen atoms in total. The highest BCUT2D eigenvalue weighted by atomic mass is 32.2. The highest BCUT2D eigenvalue weighted by Crippen LogP contribution is 2.06. The monoisotopic (exact) mass is 158 g/mol. The van der Waals surface area contributed by atoms with Gasteiger partial charge in [-0.3, -0.25) is 4.98 Å². The van der Waals surface area contributed by atoms with Crippen molar-refractivity contribution < 1.29 is 12.9 Å². The second kappa shape index (κ2) is 3.28. The molecule has 0 bridgehead atoms.